The zero-order valence-corrected chi connectivity index (χ0v) is 10.2. The highest BCUT2D eigenvalue weighted by Gasteiger charge is 2.24. The molecule has 0 N–H and O–H groups in total. The van der Waals surface area contributed by atoms with Gasteiger partial charge in [0.1, 0.15) is 6.33 Å². The van der Waals surface area contributed by atoms with Gasteiger partial charge in [0.15, 0.2) is 0 Å². The molecule has 0 aliphatic rings. The second-order valence-electron chi connectivity index (χ2n) is 4.52. The summed E-state index contributed by atoms with van der Waals surface area (Å²) >= 11 is 0. The maximum Gasteiger partial charge on any atom is 0.269 e. The maximum absolute atomic E-state index is 10.6. The second-order valence-corrected chi connectivity index (χ2v) is 4.52. The van der Waals surface area contributed by atoms with E-state index in [9.17, 15) is 10.1 Å². The van der Waals surface area contributed by atoms with Crippen LogP contribution < -0.4 is 0 Å². The standard InChI is InChI=1S/C13H13N3O2/c1-13(2,12-7-8-14-9-15-12)10-3-5-11(6-4-10)16(17)18/h3-9H,1-2H3. The average Bonchev–Trinajstić information content (AvgIpc) is 2.40. The molecule has 2 aromatic rings. The molecular formula is C13H13N3O2. The molecule has 0 atom stereocenters. The lowest BCUT2D eigenvalue weighted by atomic mass is 9.81. The lowest BCUT2D eigenvalue weighted by molar-refractivity contribution is -0.384. The predicted octanol–water partition coefficient (Wildman–Crippen LogP) is 2.71. The Hall–Kier alpha value is -2.30. The van der Waals surface area contributed by atoms with E-state index in [1.54, 1.807) is 18.3 Å². The lowest BCUT2D eigenvalue weighted by Crippen LogP contribution is -2.20. The van der Waals surface area contributed by atoms with E-state index in [1.807, 2.05) is 19.9 Å². The number of hydrogen-bond donors (Lipinski definition) is 0. The number of aromatic nitrogens is 2. The van der Waals surface area contributed by atoms with Gasteiger partial charge in [-0.25, -0.2) is 9.97 Å². The lowest BCUT2D eigenvalue weighted by Gasteiger charge is -2.24. The number of hydrogen-bond acceptors (Lipinski definition) is 4. The summed E-state index contributed by atoms with van der Waals surface area (Å²) in [5, 5.41) is 10.6. The van der Waals surface area contributed by atoms with Crippen LogP contribution in [0.15, 0.2) is 42.9 Å². The van der Waals surface area contributed by atoms with Crippen molar-refractivity contribution in [3.05, 3.63) is 64.2 Å². The second kappa shape index (κ2) is 4.52. The van der Waals surface area contributed by atoms with Crippen molar-refractivity contribution in [2.24, 2.45) is 0 Å². The Morgan fingerprint density at radius 3 is 2.33 bits per heavy atom. The van der Waals surface area contributed by atoms with Crippen molar-refractivity contribution in [3.63, 3.8) is 0 Å². The van der Waals surface area contributed by atoms with E-state index in [-0.39, 0.29) is 11.1 Å². The number of nitro benzene ring substituents is 1. The number of benzene rings is 1. The SMILES string of the molecule is CC(C)(c1ccc([N+](=O)[O-])cc1)c1ccncn1. The summed E-state index contributed by atoms with van der Waals surface area (Å²) < 4.78 is 0. The molecule has 0 saturated heterocycles. The molecule has 1 heterocycles. The Balaban J connectivity index is 2.39. The van der Waals surface area contributed by atoms with Gasteiger partial charge in [0.2, 0.25) is 0 Å². The fourth-order valence-electron chi connectivity index (χ4n) is 1.81. The molecule has 5 nitrogen and oxygen atoms in total. The highest BCUT2D eigenvalue weighted by molar-refractivity contribution is 5.39. The van der Waals surface area contributed by atoms with Crippen LogP contribution in [-0.2, 0) is 5.41 Å². The molecule has 1 aromatic carbocycles. The van der Waals surface area contributed by atoms with Crippen LogP contribution in [0.2, 0.25) is 0 Å². The van der Waals surface area contributed by atoms with Crippen molar-refractivity contribution in [1.82, 2.24) is 9.97 Å². The first-order valence-electron chi connectivity index (χ1n) is 5.53. The first-order chi connectivity index (χ1) is 8.51. The monoisotopic (exact) mass is 243 g/mol. The average molecular weight is 243 g/mol. The van der Waals surface area contributed by atoms with Crippen LogP contribution in [0.25, 0.3) is 0 Å². The fourth-order valence-corrected chi connectivity index (χ4v) is 1.81. The normalized spacial score (nSPS) is 11.2. The van der Waals surface area contributed by atoms with Gasteiger partial charge in [-0.3, -0.25) is 10.1 Å². The van der Waals surface area contributed by atoms with Crippen LogP contribution in [0.4, 0.5) is 5.69 Å². The van der Waals surface area contributed by atoms with Gasteiger partial charge in [-0.05, 0) is 11.6 Å². The van der Waals surface area contributed by atoms with E-state index >= 15 is 0 Å². The van der Waals surface area contributed by atoms with Gasteiger partial charge in [0.25, 0.3) is 5.69 Å². The molecule has 0 unspecified atom stereocenters. The molecule has 0 aliphatic heterocycles. The van der Waals surface area contributed by atoms with Crippen LogP contribution in [0, 0.1) is 10.1 Å². The molecule has 1 aromatic heterocycles. The third-order valence-corrected chi connectivity index (χ3v) is 3.02. The smallest absolute Gasteiger partial charge is 0.258 e. The third-order valence-electron chi connectivity index (χ3n) is 3.02. The zero-order chi connectivity index (χ0) is 13.2. The van der Waals surface area contributed by atoms with Gasteiger partial charge < -0.3 is 0 Å². The van der Waals surface area contributed by atoms with Crippen LogP contribution in [0.5, 0.6) is 0 Å². The summed E-state index contributed by atoms with van der Waals surface area (Å²) in [5.41, 5.74) is 1.65. The third kappa shape index (κ3) is 2.20. The molecule has 0 radical (unpaired) electrons. The Kier molecular flexibility index (Phi) is 3.06. The van der Waals surface area contributed by atoms with E-state index in [4.69, 9.17) is 0 Å². The number of nitro groups is 1. The Labute approximate surface area is 105 Å². The van der Waals surface area contributed by atoms with Gasteiger partial charge in [-0.1, -0.05) is 26.0 Å². The van der Waals surface area contributed by atoms with Gasteiger partial charge in [0, 0.05) is 23.7 Å². The Morgan fingerprint density at radius 2 is 1.83 bits per heavy atom. The predicted molar refractivity (Wildman–Crippen MR) is 67.3 cm³/mol. The fraction of sp³-hybridized carbons (Fsp3) is 0.231. The van der Waals surface area contributed by atoms with E-state index in [0.29, 0.717) is 0 Å². The van der Waals surface area contributed by atoms with E-state index in [0.717, 1.165) is 11.3 Å². The minimum Gasteiger partial charge on any atom is -0.258 e. The van der Waals surface area contributed by atoms with Gasteiger partial charge in [-0.15, -0.1) is 0 Å². The van der Waals surface area contributed by atoms with Crippen LogP contribution in [0.3, 0.4) is 0 Å². The summed E-state index contributed by atoms with van der Waals surface area (Å²) in [6.07, 6.45) is 3.19. The molecule has 5 heteroatoms. The first kappa shape index (κ1) is 12.2. The molecule has 0 bridgehead atoms. The van der Waals surface area contributed by atoms with Crippen LogP contribution >= 0.6 is 0 Å². The molecule has 0 saturated carbocycles. The number of non-ortho nitro benzene ring substituents is 1. The van der Waals surface area contributed by atoms with E-state index in [2.05, 4.69) is 9.97 Å². The van der Waals surface area contributed by atoms with Gasteiger partial charge in [-0.2, -0.15) is 0 Å². The highest BCUT2D eigenvalue weighted by Crippen LogP contribution is 2.30. The Morgan fingerprint density at radius 1 is 1.17 bits per heavy atom. The maximum atomic E-state index is 10.6. The summed E-state index contributed by atoms with van der Waals surface area (Å²) in [6, 6.07) is 8.40. The van der Waals surface area contributed by atoms with Crippen molar-refractivity contribution >= 4 is 5.69 Å². The van der Waals surface area contributed by atoms with Crippen LogP contribution in [0.1, 0.15) is 25.1 Å². The van der Waals surface area contributed by atoms with E-state index < -0.39 is 4.92 Å². The molecular weight excluding hydrogens is 230 g/mol. The largest absolute Gasteiger partial charge is 0.269 e. The van der Waals surface area contributed by atoms with E-state index in [1.165, 1.54) is 18.5 Å². The van der Waals surface area contributed by atoms with Crippen molar-refractivity contribution in [2.75, 3.05) is 0 Å². The van der Waals surface area contributed by atoms with Crippen molar-refractivity contribution in [3.8, 4) is 0 Å². The van der Waals surface area contributed by atoms with Crippen LogP contribution in [-0.4, -0.2) is 14.9 Å². The quantitative estimate of drug-likeness (QED) is 0.614. The van der Waals surface area contributed by atoms with Gasteiger partial charge >= 0.3 is 0 Å². The summed E-state index contributed by atoms with van der Waals surface area (Å²) in [4.78, 5) is 18.3. The van der Waals surface area contributed by atoms with Crippen molar-refractivity contribution < 1.29 is 4.92 Å². The first-order valence-corrected chi connectivity index (χ1v) is 5.53. The molecule has 0 spiro atoms. The Bertz CT molecular complexity index is 550. The van der Waals surface area contributed by atoms with Gasteiger partial charge in [0.05, 0.1) is 10.6 Å². The summed E-state index contributed by atoms with van der Waals surface area (Å²) in [6.45, 7) is 4.05. The minimum absolute atomic E-state index is 0.0947. The number of nitrogens with zero attached hydrogens (tertiary/aromatic N) is 3. The summed E-state index contributed by atoms with van der Waals surface area (Å²) in [5.74, 6) is 0. The minimum atomic E-state index is -0.401. The summed E-state index contributed by atoms with van der Waals surface area (Å²) in [7, 11) is 0. The van der Waals surface area contributed by atoms with Crippen molar-refractivity contribution in [2.45, 2.75) is 19.3 Å². The highest BCUT2D eigenvalue weighted by atomic mass is 16.6. The van der Waals surface area contributed by atoms with Crippen molar-refractivity contribution in [1.29, 1.82) is 0 Å². The zero-order valence-electron chi connectivity index (χ0n) is 10.2. The molecule has 18 heavy (non-hydrogen) atoms. The number of rotatable bonds is 3. The molecule has 0 fully saturated rings. The molecule has 0 amide bonds. The molecule has 0 aliphatic carbocycles. The molecule has 2 rings (SSSR count). The molecule has 92 valence electrons. The topological polar surface area (TPSA) is 68.9 Å².